The fourth-order valence-corrected chi connectivity index (χ4v) is 4.64. The topological polar surface area (TPSA) is 76.5 Å². The van der Waals surface area contributed by atoms with Crippen molar-refractivity contribution < 1.29 is 18.7 Å². The SMILES string of the molecule is Cc1ccc(-n2cc(-c3ccccc3)nc2NC(=O)CN(CC2CCCO2)C(=O)c2ccc(Cl)cc2)cc1F. The van der Waals surface area contributed by atoms with Gasteiger partial charge < -0.3 is 9.64 Å². The smallest absolute Gasteiger partial charge is 0.254 e. The standard InChI is InChI=1S/C30H28ClFN4O3/c1-20-9-14-24(16-26(20)32)36-18-27(21-6-3-2-4-7-21)33-30(36)34-28(37)19-35(17-25-8-5-15-39-25)29(38)22-10-12-23(31)13-11-22/h2-4,6-7,9-14,16,18,25H,5,8,15,17,19H2,1H3,(H,33,34,37). The van der Waals surface area contributed by atoms with E-state index in [1.807, 2.05) is 30.3 Å². The van der Waals surface area contributed by atoms with Crippen molar-refractivity contribution in [2.75, 3.05) is 25.0 Å². The zero-order chi connectivity index (χ0) is 27.4. The lowest BCUT2D eigenvalue weighted by atomic mass is 10.1. The van der Waals surface area contributed by atoms with Gasteiger partial charge >= 0.3 is 0 Å². The first-order valence-corrected chi connectivity index (χ1v) is 13.1. The van der Waals surface area contributed by atoms with Crippen molar-refractivity contribution in [1.82, 2.24) is 14.5 Å². The second-order valence-electron chi connectivity index (χ2n) is 9.50. The Morgan fingerprint density at radius 3 is 2.59 bits per heavy atom. The Morgan fingerprint density at radius 2 is 1.90 bits per heavy atom. The van der Waals surface area contributed by atoms with Crippen LogP contribution in [0.2, 0.25) is 5.02 Å². The first-order chi connectivity index (χ1) is 18.9. The molecule has 0 spiro atoms. The summed E-state index contributed by atoms with van der Waals surface area (Å²) in [5.74, 6) is -0.880. The monoisotopic (exact) mass is 546 g/mol. The van der Waals surface area contributed by atoms with E-state index in [0.29, 0.717) is 34.1 Å². The minimum atomic E-state index is -0.436. The highest BCUT2D eigenvalue weighted by atomic mass is 35.5. The number of anilines is 1. The van der Waals surface area contributed by atoms with Crippen LogP contribution in [0.15, 0.2) is 79.0 Å². The van der Waals surface area contributed by atoms with E-state index >= 15 is 0 Å². The molecule has 1 aliphatic heterocycles. The molecule has 1 aliphatic rings. The van der Waals surface area contributed by atoms with Crippen molar-refractivity contribution in [3.63, 3.8) is 0 Å². The summed E-state index contributed by atoms with van der Waals surface area (Å²) in [5.41, 5.74) is 2.90. The van der Waals surface area contributed by atoms with Gasteiger partial charge in [0, 0.05) is 35.5 Å². The number of nitrogens with one attached hydrogen (secondary N) is 1. The summed E-state index contributed by atoms with van der Waals surface area (Å²) in [6, 6.07) is 20.9. The van der Waals surface area contributed by atoms with Gasteiger partial charge in [0.1, 0.15) is 12.4 Å². The number of hydrogen-bond donors (Lipinski definition) is 1. The maximum absolute atomic E-state index is 14.4. The molecule has 1 atom stereocenters. The molecule has 4 aromatic rings. The third-order valence-electron chi connectivity index (χ3n) is 6.62. The molecule has 1 saturated heterocycles. The molecular formula is C30H28ClFN4O3. The number of aryl methyl sites for hydroxylation is 1. The van der Waals surface area contributed by atoms with Crippen molar-refractivity contribution in [2.24, 2.45) is 0 Å². The number of rotatable bonds is 8. The van der Waals surface area contributed by atoms with E-state index in [4.69, 9.17) is 16.3 Å². The van der Waals surface area contributed by atoms with E-state index in [1.54, 1.807) is 54.1 Å². The molecule has 7 nitrogen and oxygen atoms in total. The van der Waals surface area contributed by atoms with Crippen LogP contribution in [0.1, 0.15) is 28.8 Å². The average molecular weight is 547 g/mol. The van der Waals surface area contributed by atoms with Crippen LogP contribution in [0.25, 0.3) is 16.9 Å². The fraction of sp³-hybridized carbons (Fsp3) is 0.233. The number of hydrogen-bond acceptors (Lipinski definition) is 4. The molecule has 0 aliphatic carbocycles. The zero-order valence-electron chi connectivity index (χ0n) is 21.4. The number of carbonyl (C=O) groups is 2. The minimum Gasteiger partial charge on any atom is -0.376 e. The molecule has 1 fully saturated rings. The average Bonchev–Trinajstić information content (AvgIpc) is 3.61. The molecule has 2 heterocycles. The van der Waals surface area contributed by atoms with E-state index in [9.17, 15) is 14.0 Å². The minimum absolute atomic E-state index is 0.142. The maximum atomic E-state index is 14.4. The Balaban J connectivity index is 1.42. The van der Waals surface area contributed by atoms with E-state index in [0.717, 1.165) is 18.4 Å². The third kappa shape index (κ3) is 6.35. The predicted molar refractivity (Wildman–Crippen MR) is 149 cm³/mol. The second-order valence-corrected chi connectivity index (χ2v) is 9.93. The Bertz CT molecular complexity index is 1470. The van der Waals surface area contributed by atoms with Gasteiger partial charge in [-0.3, -0.25) is 19.5 Å². The van der Waals surface area contributed by atoms with Gasteiger partial charge in [-0.15, -0.1) is 0 Å². The van der Waals surface area contributed by atoms with E-state index in [1.165, 1.54) is 11.0 Å². The Hall–Kier alpha value is -4.01. The molecule has 39 heavy (non-hydrogen) atoms. The summed E-state index contributed by atoms with van der Waals surface area (Å²) >= 11 is 6.00. The molecule has 1 unspecified atom stereocenters. The number of halogens is 2. The van der Waals surface area contributed by atoms with Gasteiger partial charge in [0.05, 0.1) is 17.5 Å². The highest BCUT2D eigenvalue weighted by Crippen LogP contribution is 2.25. The number of nitrogens with zero attached hydrogens (tertiary/aromatic N) is 3. The molecule has 1 N–H and O–H groups in total. The molecule has 9 heteroatoms. The molecule has 1 aromatic heterocycles. The normalized spacial score (nSPS) is 14.8. The Labute approximate surface area is 231 Å². The lowest BCUT2D eigenvalue weighted by molar-refractivity contribution is -0.117. The number of aromatic nitrogens is 2. The van der Waals surface area contributed by atoms with Crippen LogP contribution in [-0.4, -0.2) is 52.1 Å². The van der Waals surface area contributed by atoms with Crippen LogP contribution in [0.3, 0.4) is 0 Å². The molecule has 3 aromatic carbocycles. The van der Waals surface area contributed by atoms with E-state index in [-0.39, 0.29) is 36.9 Å². The highest BCUT2D eigenvalue weighted by Gasteiger charge is 2.26. The molecule has 200 valence electrons. The molecular weight excluding hydrogens is 519 g/mol. The van der Waals surface area contributed by atoms with E-state index < -0.39 is 5.91 Å². The number of benzene rings is 3. The van der Waals surface area contributed by atoms with Crippen LogP contribution in [0.4, 0.5) is 10.3 Å². The first kappa shape index (κ1) is 26.6. The Morgan fingerprint density at radius 1 is 1.13 bits per heavy atom. The van der Waals surface area contributed by atoms with Gasteiger partial charge in [0.25, 0.3) is 5.91 Å². The van der Waals surface area contributed by atoms with Crippen molar-refractivity contribution in [1.29, 1.82) is 0 Å². The van der Waals surface area contributed by atoms with Gasteiger partial charge in [-0.25, -0.2) is 9.37 Å². The highest BCUT2D eigenvalue weighted by molar-refractivity contribution is 6.30. The molecule has 0 radical (unpaired) electrons. The number of amides is 2. The summed E-state index contributed by atoms with van der Waals surface area (Å²) in [5, 5.41) is 3.36. The molecule has 0 bridgehead atoms. The van der Waals surface area contributed by atoms with Crippen molar-refractivity contribution in [3.05, 3.63) is 101 Å². The lowest BCUT2D eigenvalue weighted by Crippen LogP contribution is -2.42. The first-order valence-electron chi connectivity index (χ1n) is 12.7. The zero-order valence-corrected chi connectivity index (χ0v) is 22.2. The molecule has 2 amide bonds. The van der Waals surface area contributed by atoms with Crippen LogP contribution in [0.5, 0.6) is 0 Å². The van der Waals surface area contributed by atoms with Gasteiger partial charge in [0.2, 0.25) is 11.9 Å². The quantitative estimate of drug-likeness (QED) is 0.298. The van der Waals surface area contributed by atoms with Gasteiger partial charge in [-0.2, -0.15) is 0 Å². The van der Waals surface area contributed by atoms with Crippen molar-refractivity contribution in [3.8, 4) is 16.9 Å². The largest absolute Gasteiger partial charge is 0.376 e. The number of carbonyl (C=O) groups excluding carboxylic acids is 2. The summed E-state index contributed by atoms with van der Waals surface area (Å²) < 4.78 is 21.8. The third-order valence-corrected chi connectivity index (χ3v) is 6.87. The number of ether oxygens (including phenoxy) is 1. The molecule has 5 rings (SSSR count). The summed E-state index contributed by atoms with van der Waals surface area (Å²) in [4.78, 5) is 32.8. The van der Waals surface area contributed by atoms with Gasteiger partial charge in [-0.05, 0) is 61.7 Å². The van der Waals surface area contributed by atoms with Crippen LogP contribution in [0, 0.1) is 12.7 Å². The number of imidazole rings is 1. The molecule has 0 saturated carbocycles. The van der Waals surface area contributed by atoms with Crippen LogP contribution < -0.4 is 5.32 Å². The summed E-state index contributed by atoms with van der Waals surface area (Å²) in [6.45, 7) is 2.39. The predicted octanol–water partition coefficient (Wildman–Crippen LogP) is 5.90. The van der Waals surface area contributed by atoms with Gasteiger partial charge in [-0.1, -0.05) is 48.0 Å². The van der Waals surface area contributed by atoms with Crippen molar-refractivity contribution in [2.45, 2.75) is 25.9 Å². The van der Waals surface area contributed by atoms with Crippen molar-refractivity contribution >= 4 is 29.4 Å². The van der Waals surface area contributed by atoms with Crippen LogP contribution >= 0.6 is 11.6 Å². The second kappa shape index (κ2) is 11.8. The summed E-state index contributed by atoms with van der Waals surface area (Å²) in [7, 11) is 0. The Kier molecular flexibility index (Phi) is 8.05. The van der Waals surface area contributed by atoms with E-state index in [2.05, 4.69) is 10.3 Å². The summed E-state index contributed by atoms with van der Waals surface area (Å²) in [6.07, 6.45) is 3.33. The lowest BCUT2D eigenvalue weighted by Gasteiger charge is -2.25. The van der Waals surface area contributed by atoms with Gasteiger partial charge in [0.15, 0.2) is 0 Å². The fourth-order valence-electron chi connectivity index (χ4n) is 4.51. The maximum Gasteiger partial charge on any atom is 0.254 e. The van der Waals surface area contributed by atoms with Crippen LogP contribution in [-0.2, 0) is 9.53 Å².